The van der Waals surface area contributed by atoms with E-state index in [1.807, 2.05) is 18.2 Å². The molecule has 0 radical (unpaired) electrons. The first-order valence-corrected chi connectivity index (χ1v) is 4.70. The zero-order valence-corrected chi connectivity index (χ0v) is 7.52. The maximum atomic E-state index is 8.68. The van der Waals surface area contributed by atoms with E-state index < -0.39 is 0 Å². The normalized spacial score (nSPS) is 25.9. The summed E-state index contributed by atoms with van der Waals surface area (Å²) >= 11 is 0. The molecule has 1 aliphatic rings. The van der Waals surface area contributed by atoms with Crippen LogP contribution in [-0.2, 0) is 11.2 Å². The van der Waals surface area contributed by atoms with Crippen LogP contribution in [0.3, 0.4) is 0 Å². The average molecular weight is 178 g/mol. The Bertz CT molecular complexity index is 258. The number of aliphatic hydroxyl groups is 1. The van der Waals surface area contributed by atoms with Crippen LogP contribution in [0.1, 0.15) is 12.0 Å². The second-order valence-electron chi connectivity index (χ2n) is 3.41. The first-order valence-electron chi connectivity index (χ1n) is 4.70. The highest BCUT2D eigenvalue weighted by molar-refractivity contribution is 5.17. The van der Waals surface area contributed by atoms with E-state index in [1.54, 1.807) is 0 Å². The number of aliphatic hydroxyl groups excluding tert-OH is 1. The quantitative estimate of drug-likeness (QED) is 0.706. The lowest BCUT2D eigenvalue weighted by Gasteiger charge is -1.95. The topological polar surface area (TPSA) is 32.8 Å². The zero-order valence-electron chi connectivity index (χ0n) is 7.52. The number of ether oxygens (including phenoxy) is 1. The molecule has 1 aliphatic heterocycles. The number of rotatable bonds is 4. The summed E-state index contributed by atoms with van der Waals surface area (Å²) in [4.78, 5) is 0. The van der Waals surface area contributed by atoms with Gasteiger partial charge in [-0.1, -0.05) is 30.3 Å². The molecule has 2 unspecified atom stereocenters. The fourth-order valence-electron chi connectivity index (χ4n) is 1.59. The summed E-state index contributed by atoms with van der Waals surface area (Å²) in [5, 5.41) is 8.68. The van der Waals surface area contributed by atoms with Crippen molar-refractivity contribution in [1.82, 2.24) is 0 Å². The van der Waals surface area contributed by atoms with E-state index in [-0.39, 0.29) is 6.61 Å². The fraction of sp³-hybridized carbons (Fsp3) is 0.455. The van der Waals surface area contributed by atoms with Gasteiger partial charge < -0.3 is 9.84 Å². The second kappa shape index (κ2) is 3.90. The molecule has 13 heavy (non-hydrogen) atoms. The van der Waals surface area contributed by atoms with E-state index in [2.05, 4.69) is 12.1 Å². The molecule has 2 rings (SSSR count). The van der Waals surface area contributed by atoms with Crippen LogP contribution in [0.4, 0.5) is 0 Å². The standard InChI is InChI=1S/C11H14O2/c12-7-6-10-11(13-10)8-9-4-2-1-3-5-9/h1-5,10-12H,6-8H2. The highest BCUT2D eigenvalue weighted by atomic mass is 16.6. The maximum absolute atomic E-state index is 8.68. The van der Waals surface area contributed by atoms with Crippen molar-refractivity contribution in [2.24, 2.45) is 0 Å². The number of benzene rings is 1. The van der Waals surface area contributed by atoms with Crippen LogP contribution < -0.4 is 0 Å². The summed E-state index contributed by atoms with van der Waals surface area (Å²) in [5.74, 6) is 0. The van der Waals surface area contributed by atoms with Crippen molar-refractivity contribution < 1.29 is 9.84 Å². The molecule has 1 heterocycles. The summed E-state index contributed by atoms with van der Waals surface area (Å²) in [6.45, 7) is 0.232. The fourth-order valence-corrected chi connectivity index (χ4v) is 1.59. The lowest BCUT2D eigenvalue weighted by molar-refractivity contribution is 0.262. The largest absolute Gasteiger partial charge is 0.396 e. The Kier molecular flexibility index (Phi) is 2.62. The van der Waals surface area contributed by atoms with Crippen molar-refractivity contribution in [3.05, 3.63) is 35.9 Å². The Hall–Kier alpha value is -0.860. The van der Waals surface area contributed by atoms with Gasteiger partial charge in [0.2, 0.25) is 0 Å². The van der Waals surface area contributed by atoms with Gasteiger partial charge in [-0.3, -0.25) is 0 Å². The summed E-state index contributed by atoms with van der Waals surface area (Å²) in [5.41, 5.74) is 1.31. The van der Waals surface area contributed by atoms with E-state index in [9.17, 15) is 0 Å². The van der Waals surface area contributed by atoms with E-state index in [0.717, 1.165) is 12.8 Å². The Labute approximate surface area is 78.2 Å². The van der Waals surface area contributed by atoms with E-state index in [4.69, 9.17) is 9.84 Å². The van der Waals surface area contributed by atoms with Gasteiger partial charge in [-0.15, -0.1) is 0 Å². The van der Waals surface area contributed by atoms with Crippen LogP contribution in [-0.4, -0.2) is 23.9 Å². The molecule has 2 heteroatoms. The monoisotopic (exact) mass is 178 g/mol. The van der Waals surface area contributed by atoms with Crippen molar-refractivity contribution in [3.8, 4) is 0 Å². The predicted octanol–water partition coefficient (Wildman–Crippen LogP) is 1.38. The highest BCUT2D eigenvalue weighted by Crippen LogP contribution is 2.28. The molecule has 0 bridgehead atoms. The first kappa shape index (κ1) is 8.73. The van der Waals surface area contributed by atoms with Crippen molar-refractivity contribution >= 4 is 0 Å². The lowest BCUT2D eigenvalue weighted by atomic mass is 10.1. The summed E-state index contributed by atoms with van der Waals surface area (Å²) in [7, 11) is 0. The van der Waals surface area contributed by atoms with Crippen LogP contribution in [0.5, 0.6) is 0 Å². The van der Waals surface area contributed by atoms with E-state index in [1.165, 1.54) is 5.56 Å². The second-order valence-corrected chi connectivity index (χ2v) is 3.41. The Morgan fingerprint density at radius 2 is 1.92 bits per heavy atom. The minimum atomic E-state index is 0.232. The highest BCUT2D eigenvalue weighted by Gasteiger charge is 2.37. The van der Waals surface area contributed by atoms with Gasteiger partial charge in [0.1, 0.15) is 0 Å². The predicted molar refractivity (Wildman–Crippen MR) is 50.5 cm³/mol. The van der Waals surface area contributed by atoms with Gasteiger partial charge in [-0.2, -0.15) is 0 Å². The molecule has 1 fully saturated rings. The minimum Gasteiger partial charge on any atom is -0.396 e. The van der Waals surface area contributed by atoms with Crippen molar-refractivity contribution in [3.63, 3.8) is 0 Å². The molecule has 1 aromatic carbocycles. The SMILES string of the molecule is OCCC1OC1Cc1ccccc1. The van der Waals surface area contributed by atoms with Gasteiger partial charge in [0, 0.05) is 13.0 Å². The van der Waals surface area contributed by atoms with Crippen LogP contribution in [0, 0.1) is 0 Å². The van der Waals surface area contributed by atoms with Gasteiger partial charge in [0.05, 0.1) is 12.2 Å². The van der Waals surface area contributed by atoms with Crippen LogP contribution in [0.15, 0.2) is 30.3 Å². The average Bonchev–Trinajstić information content (AvgIpc) is 2.86. The Balaban J connectivity index is 1.81. The summed E-state index contributed by atoms with van der Waals surface area (Å²) in [6.07, 6.45) is 2.39. The molecule has 0 saturated carbocycles. The van der Waals surface area contributed by atoms with Gasteiger partial charge >= 0.3 is 0 Å². The van der Waals surface area contributed by atoms with E-state index >= 15 is 0 Å². The minimum absolute atomic E-state index is 0.232. The van der Waals surface area contributed by atoms with Crippen molar-refractivity contribution in [2.45, 2.75) is 25.0 Å². The molecule has 2 atom stereocenters. The third-order valence-corrected chi connectivity index (χ3v) is 2.38. The molecule has 2 nitrogen and oxygen atoms in total. The molecule has 0 spiro atoms. The molecule has 0 aliphatic carbocycles. The maximum Gasteiger partial charge on any atom is 0.0883 e. The van der Waals surface area contributed by atoms with Crippen molar-refractivity contribution in [1.29, 1.82) is 0 Å². The van der Waals surface area contributed by atoms with E-state index in [0.29, 0.717) is 12.2 Å². The molecule has 0 amide bonds. The molecule has 1 saturated heterocycles. The molecular weight excluding hydrogens is 164 g/mol. The van der Waals surface area contributed by atoms with Crippen LogP contribution in [0.2, 0.25) is 0 Å². The van der Waals surface area contributed by atoms with Gasteiger partial charge in [0.25, 0.3) is 0 Å². The van der Waals surface area contributed by atoms with Crippen LogP contribution in [0.25, 0.3) is 0 Å². The van der Waals surface area contributed by atoms with Gasteiger partial charge in [-0.05, 0) is 12.0 Å². The lowest BCUT2D eigenvalue weighted by Crippen LogP contribution is -2.00. The third kappa shape index (κ3) is 2.29. The molecule has 1 N–H and O–H groups in total. The van der Waals surface area contributed by atoms with Gasteiger partial charge in [-0.25, -0.2) is 0 Å². The van der Waals surface area contributed by atoms with Crippen molar-refractivity contribution in [2.75, 3.05) is 6.61 Å². The molecule has 70 valence electrons. The van der Waals surface area contributed by atoms with Gasteiger partial charge in [0.15, 0.2) is 0 Å². The third-order valence-electron chi connectivity index (χ3n) is 2.38. The number of hydrogen-bond donors (Lipinski definition) is 1. The summed E-state index contributed by atoms with van der Waals surface area (Å²) in [6, 6.07) is 10.3. The molecular formula is C11H14O2. The smallest absolute Gasteiger partial charge is 0.0883 e. The molecule has 1 aromatic rings. The number of epoxide rings is 1. The zero-order chi connectivity index (χ0) is 9.10. The Morgan fingerprint density at radius 1 is 1.15 bits per heavy atom. The summed E-state index contributed by atoms with van der Waals surface area (Å²) < 4.78 is 5.40. The number of hydrogen-bond acceptors (Lipinski definition) is 2. The Morgan fingerprint density at radius 3 is 2.62 bits per heavy atom. The van der Waals surface area contributed by atoms with Crippen LogP contribution >= 0.6 is 0 Å². The first-order chi connectivity index (χ1) is 6.40. The molecule has 0 aromatic heterocycles.